The highest BCUT2D eigenvalue weighted by Crippen LogP contribution is 2.23. The minimum absolute atomic E-state index is 0.0317. The molecule has 1 atom stereocenters. The summed E-state index contributed by atoms with van der Waals surface area (Å²) in [6.07, 6.45) is 5.56. The maximum atomic E-state index is 13.1. The van der Waals surface area contributed by atoms with Gasteiger partial charge >= 0.3 is 0 Å². The Bertz CT molecular complexity index is 775. The topological polar surface area (TPSA) is 65.5 Å². The van der Waals surface area contributed by atoms with Gasteiger partial charge in [-0.15, -0.1) is 0 Å². The first-order valence-corrected chi connectivity index (χ1v) is 9.70. The number of piperazine rings is 1. The molecule has 2 aliphatic rings. The summed E-state index contributed by atoms with van der Waals surface area (Å²) in [6.45, 7) is 6.78. The average molecular weight is 366 g/mol. The number of hydrogen-bond donors (Lipinski definition) is 0. The number of piperidine rings is 1. The number of pyridine rings is 1. The monoisotopic (exact) mass is 366 g/mol. The van der Waals surface area contributed by atoms with Crippen molar-refractivity contribution in [3.8, 4) is 0 Å². The van der Waals surface area contributed by atoms with E-state index in [4.69, 9.17) is 0 Å². The maximum absolute atomic E-state index is 13.1. The number of nitrogens with zero attached hydrogens (tertiary/aromatic N) is 6. The van der Waals surface area contributed by atoms with Crippen LogP contribution in [0.4, 0.5) is 11.8 Å². The van der Waals surface area contributed by atoms with Crippen LogP contribution in [0, 0.1) is 12.8 Å². The van der Waals surface area contributed by atoms with E-state index < -0.39 is 0 Å². The molecule has 0 bridgehead atoms. The molecule has 4 rings (SSSR count). The number of carbonyl (C=O) groups is 1. The summed E-state index contributed by atoms with van der Waals surface area (Å²) in [5, 5.41) is 0. The number of aryl methyl sites for hydroxylation is 1. The van der Waals surface area contributed by atoms with Crippen LogP contribution in [-0.2, 0) is 4.79 Å². The van der Waals surface area contributed by atoms with Crippen molar-refractivity contribution in [1.82, 2.24) is 19.9 Å². The molecule has 2 aromatic rings. The first-order chi connectivity index (χ1) is 13.2. The fourth-order valence-electron chi connectivity index (χ4n) is 3.90. The molecule has 0 saturated carbocycles. The quantitative estimate of drug-likeness (QED) is 0.825. The Kier molecular flexibility index (Phi) is 5.18. The normalized spacial score (nSPS) is 20.6. The molecule has 0 aromatic carbocycles. The van der Waals surface area contributed by atoms with Gasteiger partial charge in [-0.05, 0) is 38.0 Å². The highest BCUT2D eigenvalue weighted by Gasteiger charge is 2.32. The molecule has 0 unspecified atom stereocenters. The van der Waals surface area contributed by atoms with E-state index in [0.29, 0.717) is 6.54 Å². The molecule has 7 nitrogen and oxygen atoms in total. The van der Waals surface area contributed by atoms with Crippen molar-refractivity contribution in [3.63, 3.8) is 0 Å². The van der Waals surface area contributed by atoms with Crippen LogP contribution in [0.15, 0.2) is 36.7 Å². The van der Waals surface area contributed by atoms with Gasteiger partial charge in [-0.1, -0.05) is 6.07 Å². The van der Waals surface area contributed by atoms with Gasteiger partial charge < -0.3 is 14.7 Å². The predicted molar refractivity (Wildman–Crippen MR) is 105 cm³/mol. The van der Waals surface area contributed by atoms with Crippen LogP contribution in [0.3, 0.4) is 0 Å². The van der Waals surface area contributed by atoms with Crippen molar-refractivity contribution in [3.05, 3.63) is 42.4 Å². The molecule has 4 heterocycles. The van der Waals surface area contributed by atoms with E-state index in [1.165, 1.54) is 0 Å². The highest BCUT2D eigenvalue weighted by atomic mass is 16.2. The zero-order valence-electron chi connectivity index (χ0n) is 15.8. The summed E-state index contributed by atoms with van der Waals surface area (Å²) in [5.74, 6) is 2.04. The summed E-state index contributed by atoms with van der Waals surface area (Å²) in [7, 11) is 0. The number of amides is 1. The van der Waals surface area contributed by atoms with E-state index in [9.17, 15) is 4.79 Å². The van der Waals surface area contributed by atoms with Crippen molar-refractivity contribution in [2.75, 3.05) is 49.1 Å². The number of anilines is 2. The Morgan fingerprint density at radius 1 is 1.00 bits per heavy atom. The van der Waals surface area contributed by atoms with Crippen LogP contribution in [0.25, 0.3) is 0 Å². The Morgan fingerprint density at radius 2 is 1.85 bits per heavy atom. The smallest absolute Gasteiger partial charge is 0.227 e. The van der Waals surface area contributed by atoms with Crippen LogP contribution < -0.4 is 9.80 Å². The fourth-order valence-corrected chi connectivity index (χ4v) is 3.90. The van der Waals surface area contributed by atoms with E-state index in [-0.39, 0.29) is 11.8 Å². The molecule has 2 fully saturated rings. The van der Waals surface area contributed by atoms with Gasteiger partial charge in [0.2, 0.25) is 11.9 Å². The molecule has 0 N–H and O–H groups in total. The number of rotatable bonds is 3. The molecular formula is C20H26N6O. The van der Waals surface area contributed by atoms with Gasteiger partial charge in [-0.25, -0.2) is 15.0 Å². The molecule has 142 valence electrons. The third-order valence-electron chi connectivity index (χ3n) is 5.40. The number of hydrogen-bond acceptors (Lipinski definition) is 6. The highest BCUT2D eigenvalue weighted by molar-refractivity contribution is 5.80. The molecule has 7 heteroatoms. The molecule has 0 radical (unpaired) electrons. The van der Waals surface area contributed by atoms with Crippen molar-refractivity contribution in [2.24, 2.45) is 5.92 Å². The second kappa shape index (κ2) is 7.90. The lowest BCUT2D eigenvalue weighted by atomic mass is 9.96. The van der Waals surface area contributed by atoms with Gasteiger partial charge in [-0.2, -0.15) is 0 Å². The van der Waals surface area contributed by atoms with Crippen LogP contribution >= 0.6 is 0 Å². The minimum atomic E-state index is 0.0317. The van der Waals surface area contributed by atoms with Gasteiger partial charge in [0.15, 0.2) is 0 Å². The van der Waals surface area contributed by atoms with Crippen LogP contribution in [0.1, 0.15) is 18.5 Å². The Hall–Kier alpha value is -2.70. The van der Waals surface area contributed by atoms with Crippen LogP contribution in [-0.4, -0.2) is 65.0 Å². The molecule has 0 spiro atoms. The maximum Gasteiger partial charge on any atom is 0.227 e. The fraction of sp³-hybridized carbons (Fsp3) is 0.500. The van der Waals surface area contributed by atoms with E-state index in [1.54, 1.807) is 6.20 Å². The molecule has 0 aliphatic carbocycles. The zero-order chi connectivity index (χ0) is 18.6. The summed E-state index contributed by atoms with van der Waals surface area (Å²) < 4.78 is 0. The van der Waals surface area contributed by atoms with E-state index in [0.717, 1.165) is 63.0 Å². The number of carbonyl (C=O) groups excluding carboxylic acids is 1. The van der Waals surface area contributed by atoms with E-state index >= 15 is 0 Å². The minimum Gasteiger partial charge on any atom is -0.353 e. The lowest BCUT2D eigenvalue weighted by molar-refractivity contribution is -0.136. The van der Waals surface area contributed by atoms with Gasteiger partial charge in [-0.3, -0.25) is 4.79 Å². The first kappa shape index (κ1) is 17.7. The van der Waals surface area contributed by atoms with Crippen LogP contribution in [0.2, 0.25) is 0 Å². The average Bonchev–Trinajstić information content (AvgIpc) is 2.74. The molecule has 2 aliphatic heterocycles. The van der Waals surface area contributed by atoms with Crippen molar-refractivity contribution in [2.45, 2.75) is 19.8 Å². The first-order valence-electron chi connectivity index (χ1n) is 9.70. The molecular weight excluding hydrogens is 340 g/mol. The third kappa shape index (κ3) is 4.02. The molecule has 2 saturated heterocycles. The van der Waals surface area contributed by atoms with Gasteiger partial charge in [0, 0.05) is 57.4 Å². The van der Waals surface area contributed by atoms with Gasteiger partial charge in [0.25, 0.3) is 0 Å². The standard InChI is InChI=1S/C20H26N6O/c1-16-7-9-22-20(23-16)26-10-4-5-17(15-26)19(27)25-13-11-24(12-14-25)18-6-2-3-8-21-18/h2-3,6-9,17H,4-5,10-15H2,1H3/t17-/m1/s1. The summed E-state index contributed by atoms with van der Waals surface area (Å²) in [5.41, 5.74) is 0.957. The summed E-state index contributed by atoms with van der Waals surface area (Å²) in [4.78, 5) is 32.8. The second-order valence-electron chi connectivity index (χ2n) is 7.28. The van der Waals surface area contributed by atoms with Gasteiger partial charge in [0.05, 0.1) is 5.92 Å². The van der Waals surface area contributed by atoms with E-state index in [2.05, 4.69) is 24.8 Å². The zero-order valence-corrected chi connectivity index (χ0v) is 15.8. The number of aromatic nitrogens is 3. The van der Waals surface area contributed by atoms with Crippen molar-refractivity contribution in [1.29, 1.82) is 0 Å². The molecule has 2 aromatic heterocycles. The third-order valence-corrected chi connectivity index (χ3v) is 5.40. The SMILES string of the molecule is Cc1ccnc(N2CCC[C@@H](C(=O)N3CCN(c4ccccn4)CC3)C2)n1. The Labute approximate surface area is 160 Å². The predicted octanol–water partition coefficient (Wildman–Crippen LogP) is 1.75. The molecule has 1 amide bonds. The Morgan fingerprint density at radius 3 is 2.59 bits per heavy atom. The lowest BCUT2D eigenvalue weighted by Crippen LogP contribution is -2.53. The largest absolute Gasteiger partial charge is 0.353 e. The van der Waals surface area contributed by atoms with E-state index in [1.807, 2.05) is 42.3 Å². The summed E-state index contributed by atoms with van der Waals surface area (Å²) >= 11 is 0. The Balaban J connectivity index is 1.35. The summed E-state index contributed by atoms with van der Waals surface area (Å²) in [6, 6.07) is 7.86. The van der Waals surface area contributed by atoms with Crippen molar-refractivity contribution >= 4 is 17.7 Å². The van der Waals surface area contributed by atoms with Crippen molar-refractivity contribution < 1.29 is 4.79 Å². The second-order valence-corrected chi connectivity index (χ2v) is 7.28. The molecule has 27 heavy (non-hydrogen) atoms. The lowest BCUT2D eigenvalue weighted by Gasteiger charge is -2.39. The van der Waals surface area contributed by atoms with Gasteiger partial charge in [0.1, 0.15) is 5.82 Å². The van der Waals surface area contributed by atoms with Crippen LogP contribution in [0.5, 0.6) is 0 Å².